The summed E-state index contributed by atoms with van der Waals surface area (Å²) >= 11 is 4.61. The van der Waals surface area contributed by atoms with Crippen molar-refractivity contribution in [1.29, 1.82) is 0 Å². The van der Waals surface area contributed by atoms with Crippen LogP contribution in [0.1, 0.15) is 25.0 Å². The van der Waals surface area contributed by atoms with E-state index in [1.807, 2.05) is 12.1 Å². The second kappa shape index (κ2) is 4.76. The van der Waals surface area contributed by atoms with E-state index in [0.717, 1.165) is 4.90 Å². The molecule has 0 fully saturated rings. The molecule has 0 saturated heterocycles. The third kappa shape index (κ3) is 1.85. The molecule has 0 N–H and O–H groups in total. The van der Waals surface area contributed by atoms with Gasteiger partial charge in [-0.3, -0.25) is 0 Å². The molecule has 0 saturated carbocycles. The van der Waals surface area contributed by atoms with Crippen LogP contribution in [0.15, 0.2) is 71.6 Å². The molecule has 0 amide bonds. The Bertz CT molecular complexity index is 875. The Hall–Kier alpha value is -1.99. The maximum atomic E-state index is 4.61. The van der Waals surface area contributed by atoms with Gasteiger partial charge < -0.3 is 0 Å². The van der Waals surface area contributed by atoms with Crippen molar-refractivity contribution in [2.24, 2.45) is 0 Å². The Morgan fingerprint density at radius 3 is 2.09 bits per heavy atom. The molecular weight excluding hydrogens is 284 g/mol. The van der Waals surface area contributed by atoms with Crippen molar-refractivity contribution in [3.63, 3.8) is 0 Å². The zero-order chi connectivity index (χ0) is 15.3. The Morgan fingerprint density at radius 1 is 0.682 bits per heavy atom. The lowest BCUT2D eigenvalue weighted by Gasteiger charge is -2.22. The van der Waals surface area contributed by atoms with E-state index >= 15 is 0 Å². The topological polar surface area (TPSA) is 0 Å². The van der Waals surface area contributed by atoms with Crippen LogP contribution in [0.2, 0.25) is 0 Å². The van der Waals surface area contributed by atoms with E-state index < -0.39 is 0 Å². The predicted molar refractivity (Wildman–Crippen MR) is 96.7 cm³/mol. The van der Waals surface area contributed by atoms with E-state index in [2.05, 4.69) is 81.1 Å². The largest absolute Gasteiger partial charge is 0.143 e. The number of hydrogen-bond acceptors (Lipinski definition) is 1. The molecule has 0 radical (unpaired) electrons. The minimum Gasteiger partial charge on any atom is -0.143 e. The summed E-state index contributed by atoms with van der Waals surface area (Å²) in [4.78, 5) is 1.02. The summed E-state index contributed by atoms with van der Waals surface area (Å²) in [5.74, 6) is 0. The van der Waals surface area contributed by atoms with Crippen LogP contribution in [-0.2, 0) is 5.41 Å². The van der Waals surface area contributed by atoms with Crippen LogP contribution in [-0.4, -0.2) is 0 Å². The Morgan fingerprint density at radius 2 is 1.32 bits per heavy atom. The van der Waals surface area contributed by atoms with Crippen molar-refractivity contribution in [2.45, 2.75) is 24.2 Å². The van der Waals surface area contributed by atoms with Crippen LogP contribution < -0.4 is 0 Å². The van der Waals surface area contributed by atoms with Gasteiger partial charge in [-0.15, -0.1) is 12.6 Å². The Kier molecular flexibility index (Phi) is 2.95. The monoisotopic (exact) mass is 302 g/mol. The van der Waals surface area contributed by atoms with Gasteiger partial charge >= 0.3 is 0 Å². The molecule has 1 heteroatoms. The molecule has 0 aromatic heterocycles. The third-order valence-corrected chi connectivity index (χ3v) is 5.19. The molecule has 0 bridgehead atoms. The van der Waals surface area contributed by atoms with Gasteiger partial charge in [0.05, 0.1) is 0 Å². The van der Waals surface area contributed by atoms with Gasteiger partial charge in [-0.2, -0.15) is 0 Å². The Labute approximate surface area is 137 Å². The first-order valence-corrected chi connectivity index (χ1v) is 8.06. The van der Waals surface area contributed by atoms with E-state index in [-0.39, 0.29) is 5.41 Å². The van der Waals surface area contributed by atoms with Crippen LogP contribution in [0.5, 0.6) is 0 Å². The fourth-order valence-corrected chi connectivity index (χ4v) is 3.88. The van der Waals surface area contributed by atoms with E-state index in [1.54, 1.807) is 0 Å². The fourth-order valence-electron chi connectivity index (χ4n) is 3.59. The highest BCUT2D eigenvalue weighted by atomic mass is 32.1. The summed E-state index contributed by atoms with van der Waals surface area (Å²) in [7, 11) is 0. The molecule has 22 heavy (non-hydrogen) atoms. The van der Waals surface area contributed by atoms with Gasteiger partial charge in [0, 0.05) is 10.3 Å². The molecule has 108 valence electrons. The summed E-state index contributed by atoms with van der Waals surface area (Å²) in [6.07, 6.45) is 0. The average molecular weight is 302 g/mol. The lowest BCUT2D eigenvalue weighted by Crippen LogP contribution is -2.14. The maximum Gasteiger partial charge on any atom is 0.0159 e. The average Bonchev–Trinajstić information content (AvgIpc) is 2.76. The first kappa shape index (κ1) is 13.7. The lowest BCUT2D eigenvalue weighted by molar-refractivity contribution is 0.660. The SMILES string of the molecule is CC1(C)c2ccccc2-c2ccc(-c3ccccc3S)cc21. The summed E-state index contributed by atoms with van der Waals surface area (Å²) in [5.41, 5.74) is 8.04. The minimum atomic E-state index is 0.0491. The van der Waals surface area contributed by atoms with E-state index in [0.29, 0.717) is 0 Å². The first-order valence-electron chi connectivity index (χ1n) is 7.62. The van der Waals surface area contributed by atoms with Crippen molar-refractivity contribution in [1.82, 2.24) is 0 Å². The third-order valence-electron chi connectivity index (χ3n) is 4.80. The number of fused-ring (bicyclic) bond motifs is 3. The quantitative estimate of drug-likeness (QED) is 0.528. The van der Waals surface area contributed by atoms with Gasteiger partial charge in [-0.1, -0.05) is 68.4 Å². The molecule has 0 nitrogen and oxygen atoms in total. The molecule has 1 aliphatic rings. The van der Waals surface area contributed by atoms with Gasteiger partial charge in [0.2, 0.25) is 0 Å². The maximum absolute atomic E-state index is 4.61. The van der Waals surface area contributed by atoms with Gasteiger partial charge in [0.25, 0.3) is 0 Å². The normalized spacial score (nSPS) is 14.5. The van der Waals surface area contributed by atoms with E-state index in [1.165, 1.54) is 33.4 Å². The number of thiol groups is 1. The van der Waals surface area contributed by atoms with Crippen molar-refractivity contribution in [3.05, 3.63) is 77.9 Å². The van der Waals surface area contributed by atoms with Gasteiger partial charge in [0.15, 0.2) is 0 Å². The van der Waals surface area contributed by atoms with Crippen LogP contribution >= 0.6 is 12.6 Å². The van der Waals surface area contributed by atoms with Crippen molar-refractivity contribution in [2.75, 3.05) is 0 Å². The highest BCUT2D eigenvalue weighted by Gasteiger charge is 2.35. The second-order valence-electron chi connectivity index (χ2n) is 6.45. The summed E-state index contributed by atoms with van der Waals surface area (Å²) in [6.45, 7) is 4.63. The molecular formula is C21H18S. The number of rotatable bonds is 1. The van der Waals surface area contributed by atoms with Crippen LogP contribution in [0.4, 0.5) is 0 Å². The summed E-state index contributed by atoms with van der Waals surface area (Å²) < 4.78 is 0. The highest BCUT2D eigenvalue weighted by Crippen LogP contribution is 2.49. The standard InChI is InChI=1S/C21H18S/c1-21(2)18-9-5-3-8-16(18)17-12-11-14(13-19(17)21)15-7-4-6-10-20(15)22/h3-13,22H,1-2H3. The minimum absolute atomic E-state index is 0.0491. The zero-order valence-corrected chi connectivity index (χ0v) is 13.7. The van der Waals surface area contributed by atoms with Gasteiger partial charge in [-0.25, -0.2) is 0 Å². The van der Waals surface area contributed by atoms with Crippen molar-refractivity contribution >= 4 is 12.6 Å². The van der Waals surface area contributed by atoms with Crippen LogP contribution in [0.25, 0.3) is 22.3 Å². The zero-order valence-electron chi connectivity index (χ0n) is 12.8. The molecule has 4 rings (SSSR count). The van der Waals surface area contributed by atoms with Crippen LogP contribution in [0.3, 0.4) is 0 Å². The molecule has 1 aliphatic carbocycles. The smallest absolute Gasteiger partial charge is 0.0159 e. The molecule has 3 aromatic rings. The van der Waals surface area contributed by atoms with Gasteiger partial charge in [-0.05, 0) is 45.5 Å². The van der Waals surface area contributed by atoms with E-state index in [4.69, 9.17) is 0 Å². The van der Waals surface area contributed by atoms with Gasteiger partial charge in [0.1, 0.15) is 0 Å². The number of hydrogen-bond donors (Lipinski definition) is 1. The molecule has 0 heterocycles. The molecule has 0 unspecified atom stereocenters. The molecule has 0 aliphatic heterocycles. The lowest BCUT2D eigenvalue weighted by atomic mass is 9.81. The summed E-state index contributed by atoms with van der Waals surface area (Å²) in [6, 6.07) is 23.8. The predicted octanol–water partition coefficient (Wildman–Crippen LogP) is 5.95. The summed E-state index contributed by atoms with van der Waals surface area (Å²) in [5, 5.41) is 0. The number of benzene rings is 3. The van der Waals surface area contributed by atoms with Crippen molar-refractivity contribution < 1.29 is 0 Å². The van der Waals surface area contributed by atoms with E-state index in [9.17, 15) is 0 Å². The molecule has 0 atom stereocenters. The Balaban J connectivity index is 1.95. The molecule has 0 spiro atoms. The van der Waals surface area contributed by atoms with Crippen molar-refractivity contribution in [3.8, 4) is 22.3 Å². The van der Waals surface area contributed by atoms with Crippen LogP contribution in [0, 0.1) is 0 Å². The molecule has 3 aromatic carbocycles. The second-order valence-corrected chi connectivity index (χ2v) is 6.93. The fraction of sp³-hybridized carbons (Fsp3) is 0.143. The first-order chi connectivity index (χ1) is 10.6. The highest BCUT2D eigenvalue weighted by molar-refractivity contribution is 7.80.